The highest BCUT2D eigenvalue weighted by molar-refractivity contribution is 6.35. The Kier molecular flexibility index (Phi) is 6.49. The SMILES string of the molecule is CC1Oc2ccc(NC(=O)/C=C/c3ccc(Cl)cc3Cl)cc2N(Cc2ccccc2)C1=O. The van der Waals surface area contributed by atoms with Crippen molar-refractivity contribution in [2.24, 2.45) is 0 Å². The summed E-state index contributed by atoms with van der Waals surface area (Å²) in [6.07, 6.45) is 2.42. The zero-order valence-electron chi connectivity index (χ0n) is 17.2. The number of rotatable bonds is 5. The van der Waals surface area contributed by atoms with Crippen molar-refractivity contribution in [3.05, 3.63) is 94.0 Å². The fraction of sp³-hybridized carbons (Fsp3) is 0.120. The van der Waals surface area contributed by atoms with E-state index >= 15 is 0 Å². The summed E-state index contributed by atoms with van der Waals surface area (Å²) >= 11 is 12.0. The molecule has 1 aliphatic heterocycles. The van der Waals surface area contributed by atoms with Gasteiger partial charge in [-0.2, -0.15) is 0 Å². The van der Waals surface area contributed by atoms with E-state index < -0.39 is 6.10 Å². The van der Waals surface area contributed by atoms with Crippen LogP contribution in [0.25, 0.3) is 6.08 Å². The summed E-state index contributed by atoms with van der Waals surface area (Å²) in [6.45, 7) is 2.14. The van der Waals surface area contributed by atoms with Gasteiger partial charge in [0.1, 0.15) is 5.75 Å². The summed E-state index contributed by atoms with van der Waals surface area (Å²) in [5.41, 5.74) is 2.83. The van der Waals surface area contributed by atoms with Gasteiger partial charge in [0.25, 0.3) is 5.91 Å². The summed E-state index contributed by atoms with van der Waals surface area (Å²) in [4.78, 5) is 26.9. The number of benzene rings is 3. The smallest absolute Gasteiger partial charge is 0.268 e. The molecule has 5 nitrogen and oxygen atoms in total. The maximum absolute atomic E-state index is 12.8. The number of fused-ring (bicyclic) bond motifs is 1. The van der Waals surface area contributed by atoms with Crippen molar-refractivity contribution in [2.45, 2.75) is 19.6 Å². The van der Waals surface area contributed by atoms with E-state index in [1.54, 1.807) is 54.3 Å². The highest BCUT2D eigenvalue weighted by atomic mass is 35.5. The monoisotopic (exact) mass is 466 g/mol. The molecule has 4 rings (SSSR count). The van der Waals surface area contributed by atoms with Crippen LogP contribution in [0, 0.1) is 0 Å². The lowest BCUT2D eigenvalue weighted by Crippen LogP contribution is -2.44. The largest absolute Gasteiger partial charge is 0.479 e. The van der Waals surface area contributed by atoms with E-state index in [-0.39, 0.29) is 11.8 Å². The molecule has 0 saturated carbocycles. The summed E-state index contributed by atoms with van der Waals surface area (Å²) in [5, 5.41) is 3.80. The van der Waals surface area contributed by atoms with Crippen LogP contribution in [0.2, 0.25) is 10.0 Å². The van der Waals surface area contributed by atoms with Gasteiger partial charge in [-0.25, -0.2) is 0 Å². The second-order valence-corrected chi connectivity index (χ2v) is 8.18. The van der Waals surface area contributed by atoms with E-state index in [1.807, 2.05) is 30.3 Å². The molecule has 3 aromatic carbocycles. The van der Waals surface area contributed by atoms with E-state index in [0.717, 1.165) is 5.56 Å². The Morgan fingerprint density at radius 3 is 2.62 bits per heavy atom. The zero-order valence-corrected chi connectivity index (χ0v) is 18.7. The summed E-state index contributed by atoms with van der Waals surface area (Å²) in [6, 6.07) is 20.0. The van der Waals surface area contributed by atoms with Crippen molar-refractivity contribution >= 4 is 52.5 Å². The van der Waals surface area contributed by atoms with E-state index in [9.17, 15) is 9.59 Å². The first-order chi connectivity index (χ1) is 15.4. The molecule has 7 heteroatoms. The van der Waals surface area contributed by atoms with Gasteiger partial charge in [0, 0.05) is 21.8 Å². The van der Waals surface area contributed by atoms with Crippen molar-refractivity contribution in [1.29, 1.82) is 0 Å². The maximum Gasteiger partial charge on any atom is 0.268 e. The molecule has 3 aromatic rings. The highest BCUT2D eigenvalue weighted by Gasteiger charge is 2.31. The van der Waals surface area contributed by atoms with Gasteiger partial charge in [-0.05, 0) is 54.5 Å². The standard InChI is InChI=1S/C25H20Cl2N2O3/c1-16-25(31)29(15-17-5-3-2-4-6-17)22-14-20(10-11-23(22)32-16)28-24(30)12-8-18-7-9-19(26)13-21(18)27/h2-14,16H,15H2,1H3,(H,28,30)/b12-8+. The Hall–Kier alpha value is -3.28. The van der Waals surface area contributed by atoms with Crippen molar-refractivity contribution < 1.29 is 14.3 Å². The molecule has 1 atom stereocenters. The lowest BCUT2D eigenvalue weighted by atomic mass is 10.1. The molecule has 162 valence electrons. The van der Waals surface area contributed by atoms with Crippen LogP contribution in [0.4, 0.5) is 11.4 Å². The maximum atomic E-state index is 12.8. The van der Waals surface area contributed by atoms with Crippen LogP contribution in [0.5, 0.6) is 5.75 Å². The van der Waals surface area contributed by atoms with E-state index in [1.165, 1.54) is 6.08 Å². The Morgan fingerprint density at radius 2 is 1.88 bits per heavy atom. The normalized spacial score (nSPS) is 15.4. The Bertz CT molecular complexity index is 1200. The fourth-order valence-electron chi connectivity index (χ4n) is 3.40. The quantitative estimate of drug-likeness (QED) is 0.471. The number of halogens is 2. The number of hydrogen-bond donors (Lipinski definition) is 1. The predicted octanol–water partition coefficient (Wildman–Crippen LogP) is 5.96. The molecule has 0 aliphatic carbocycles. The average Bonchev–Trinajstić information content (AvgIpc) is 2.77. The molecule has 2 amide bonds. The first kappa shape index (κ1) is 21.9. The van der Waals surface area contributed by atoms with Gasteiger partial charge < -0.3 is 15.0 Å². The van der Waals surface area contributed by atoms with Gasteiger partial charge in [-0.15, -0.1) is 0 Å². The minimum atomic E-state index is -0.585. The second-order valence-electron chi connectivity index (χ2n) is 7.34. The third-order valence-corrected chi connectivity index (χ3v) is 5.56. The molecule has 0 bridgehead atoms. The van der Waals surface area contributed by atoms with Crippen LogP contribution in [-0.2, 0) is 16.1 Å². The van der Waals surface area contributed by atoms with Crippen LogP contribution in [-0.4, -0.2) is 17.9 Å². The summed E-state index contributed by atoms with van der Waals surface area (Å²) < 4.78 is 5.76. The molecule has 0 saturated heterocycles. The first-order valence-corrected chi connectivity index (χ1v) is 10.8. The number of amides is 2. The number of anilines is 2. The molecular formula is C25H20Cl2N2O3. The van der Waals surface area contributed by atoms with Crippen molar-refractivity contribution in [3.8, 4) is 5.75 Å². The number of ether oxygens (including phenoxy) is 1. The van der Waals surface area contributed by atoms with Crippen molar-refractivity contribution in [2.75, 3.05) is 10.2 Å². The number of nitrogens with zero attached hydrogens (tertiary/aromatic N) is 1. The predicted molar refractivity (Wildman–Crippen MR) is 128 cm³/mol. The van der Waals surface area contributed by atoms with E-state index in [2.05, 4.69) is 5.32 Å². The van der Waals surface area contributed by atoms with Crippen LogP contribution in [0.15, 0.2) is 72.8 Å². The number of nitrogens with one attached hydrogen (secondary N) is 1. The molecule has 1 heterocycles. The summed E-state index contributed by atoms with van der Waals surface area (Å²) in [7, 11) is 0. The Balaban J connectivity index is 1.54. The van der Waals surface area contributed by atoms with Gasteiger partial charge in [0.15, 0.2) is 6.10 Å². The molecule has 1 unspecified atom stereocenters. The van der Waals surface area contributed by atoms with Crippen LogP contribution in [0.1, 0.15) is 18.1 Å². The van der Waals surface area contributed by atoms with Crippen LogP contribution < -0.4 is 15.0 Å². The molecule has 32 heavy (non-hydrogen) atoms. The zero-order chi connectivity index (χ0) is 22.7. The minimum absolute atomic E-state index is 0.137. The number of carbonyl (C=O) groups excluding carboxylic acids is 2. The van der Waals surface area contributed by atoms with Gasteiger partial charge in [0.05, 0.1) is 12.2 Å². The molecule has 0 fully saturated rings. The fourth-order valence-corrected chi connectivity index (χ4v) is 3.87. The van der Waals surface area contributed by atoms with Gasteiger partial charge in [-0.3, -0.25) is 9.59 Å². The van der Waals surface area contributed by atoms with Crippen molar-refractivity contribution in [3.63, 3.8) is 0 Å². The molecule has 0 spiro atoms. The van der Waals surface area contributed by atoms with Gasteiger partial charge in [0.2, 0.25) is 5.91 Å². The van der Waals surface area contributed by atoms with Crippen LogP contribution in [0.3, 0.4) is 0 Å². The number of hydrogen-bond acceptors (Lipinski definition) is 3. The lowest BCUT2D eigenvalue weighted by Gasteiger charge is -2.33. The molecular weight excluding hydrogens is 447 g/mol. The first-order valence-electron chi connectivity index (χ1n) is 10.0. The molecule has 0 aromatic heterocycles. The van der Waals surface area contributed by atoms with E-state index in [4.69, 9.17) is 27.9 Å². The topological polar surface area (TPSA) is 58.6 Å². The Labute approximate surface area is 196 Å². The third kappa shape index (κ3) is 4.96. The molecule has 1 N–H and O–H groups in total. The Morgan fingerprint density at radius 1 is 1.09 bits per heavy atom. The average molecular weight is 467 g/mol. The highest BCUT2D eigenvalue weighted by Crippen LogP contribution is 2.37. The second kappa shape index (κ2) is 9.47. The third-order valence-electron chi connectivity index (χ3n) is 5.00. The minimum Gasteiger partial charge on any atom is -0.479 e. The van der Waals surface area contributed by atoms with E-state index in [0.29, 0.717) is 39.3 Å². The van der Waals surface area contributed by atoms with Crippen molar-refractivity contribution in [1.82, 2.24) is 0 Å². The lowest BCUT2D eigenvalue weighted by molar-refractivity contribution is -0.125. The molecule has 1 aliphatic rings. The van der Waals surface area contributed by atoms with Gasteiger partial charge in [-0.1, -0.05) is 59.6 Å². The summed E-state index contributed by atoms with van der Waals surface area (Å²) in [5.74, 6) is 0.124. The molecule has 0 radical (unpaired) electrons. The number of carbonyl (C=O) groups is 2. The van der Waals surface area contributed by atoms with Crippen LogP contribution >= 0.6 is 23.2 Å². The van der Waals surface area contributed by atoms with Gasteiger partial charge >= 0.3 is 0 Å².